The van der Waals surface area contributed by atoms with Gasteiger partial charge in [-0.25, -0.2) is 0 Å². The van der Waals surface area contributed by atoms with Crippen LogP contribution in [0.1, 0.15) is 0 Å². The predicted octanol–water partition coefficient (Wildman–Crippen LogP) is 2.45. The lowest BCUT2D eigenvalue weighted by Gasteiger charge is -1.91. The lowest BCUT2D eigenvalue weighted by molar-refractivity contribution is 0.248. The van der Waals surface area contributed by atoms with E-state index in [4.69, 9.17) is 13.9 Å². The molecule has 0 fully saturated rings. The van der Waals surface area contributed by atoms with Gasteiger partial charge in [0.05, 0.1) is 25.0 Å². The maximum Gasteiger partial charge on any atom is 0.295 e. The van der Waals surface area contributed by atoms with Gasteiger partial charge in [0.2, 0.25) is 0 Å². The van der Waals surface area contributed by atoms with Crippen molar-refractivity contribution in [2.45, 2.75) is 0 Å². The molecule has 0 atom stereocenters. The number of benzene rings is 1. The molecular weight excluding hydrogens is 168 g/mol. The van der Waals surface area contributed by atoms with Crippen LogP contribution >= 0.6 is 0 Å². The van der Waals surface area contributed by atoms with E-state index in [1.54, 1.807) is 14.2 Å². The Balaban J connectivity index is 2.74. The Bertz CT molecular complexity index is 379. The zero-order valence-electron chi connectivity index (χ0n) is 7.53. The summed E-state index contributed by atoms with van der Waals surface area (Å²) in [5, 5.41) is 1.86. The van der Waals surface area contributed by atoms with Crippen LogP contribution in [0.15, 0.2) is 28.7 Å². The van der Waals surface area contributed by atoms with E-state index >= 15 is 0 Å². The van der Waals surface area contributed by atoms with Crippen molar-refractivity contribution in [2.24, 2.45) is 0 Å². The standard InChI is InChI=1S/C10H10O3/c1-11-9-7-5-3-4-6-8(7)10(12-2)13-9/h3-6H,1-2H3. The molecule has 2 aromatic rings. The monoisotopic (exact) mass is 178 g/mol. The zero-order valence-corrected chi connectivity index (χ0v) is 7.53. The van der Waals surface area contributed by atoms with Crippen LogP contribution in [0.4, 0.5) is 0 Å². The molecule has 68 valence electrons. The molecule has 2 rings (SSSR count). The lowest BCUT2D eigenvalue weighted by atomic mass is 10.2. The van der Waals surface area contributed by atoms with Crippen LogP contribution in [0.5, 0.6) is 11.9 Å². The summed E-state index contributed by atoms with van der Waals surface area (Å²) >= 11 is 0. The summed E-state index contributed by atoms with van der Waals surface area (Å²) in [5.41, 5.74) is 0. The van der Waals surface area contributed by atoms with Crippen molar-refractivity contribution in [3.05, 3.63) is 24.3 Å². The average Bonchev–Trinajstić information content (AvgIpc) is 2.56. The molecular formula is C10H10O3. The number of hydrogen-bond acceptors (Lipinski definition) is 3. The first kappa shape index (κ1) is 7.98. The van der Waals surface area contributed by atoms with E-state index in [9.17, 15) is 0 Å². The van der Waals surface area contributed by atoms with Crippen LogP contribution in [0.25, 0.3) is 10.8 Å². The van der Waals surface area contributed by atoms with Crippen LogP contribution in [0.2, 0.25) is 0 Å². The van der Waals surface area contributed by atoms with Crippen LogP contribution in [-0.2, 0) is 0 Å². The van der Waals surface area contributed by atoms with Crippen molar-refractivity contribution < 1.29 is 13.9 Å². The minimum Gasteiger partial charge on any atom is -0.468 e. The van der Waals surface area contributed by atoms with E-state index in [1.807, 2.05) is 24.3 Å². The molecule has 3 heteroatoms. The number of fused-ring (bicyclic) bond motifs is 1. The van der Waals surface area contributed by atoms with Gasteiger partial charge in [0.15, 0.2) is 0 Å². The van der Waals surface area contributed by atoms with Crippen molar-refractivity contribution >= 4 is 10.8 Å². The second kappa shape index (κ2) is 3.01. The first-order valence-corrected chi connectivity index (χ1v) is 3.96. The van der Waals surface area contributed by atoms with Crippen molar-refractivity contribution in [3.63, 3.8) is 0 Å². The van der Waals surface area contributed by atoms with Crippen molar-refractivity contribution in [1.82, 2.24) is 0 Å². The maximum atomic E-state index is 5.32. The zero-order chi connectivity index (χ0) is 9.26. The highest BCUT2D eigenvalue weighted by molar-refractivity contribution is 5.91. The lowest BCUT2D eigenvalue weighted by Crippen LogP contribution is -1.78. The van der Waals surface area contributed by atoms with E-state index in [0.29, 0.717) is 11.9 Å². The highest BCUT2D eigenvalue weighted by Gasteiger charge is 2.12. The molecule has 0 unspecified atom stereocenters. The van der Waals surface area contributed by atoms with Gasteiger partial charge in [0.1, 0.15) is 0 Å². The van der Waals surface area contributed by atoms with Gasteiger partial charge in [0, 0.05) is 0 Å². The third-order valence-electron chi connectivity index (χ3n) is 1.92. The van der Waals surface area contributed by atoms with E-state index in [0.717, 1.165) is 10.8 Å². The number of methoxy groups -OCH3 is 2. The Morgan fingerprint density at radius 1 is 0.923 bits per heavy atom. The Morgan fingerprint density at radius 3 is 1.77 bits per heavy atom. The summed E-state index contributed by atoms with van der Waals surface area (Å²) in [5.74, 6) is 0.986. The fraction of sp³-hybridized carbons (Fsp3) is 0.200. The molecule has 1 aromatic carbocycles. The summed E-state index contributed by atoms with van der Waals surface area (Å²) < 4.78 is 15.4. The summed E-state index contributed by atoms with van der Waals surface area (Å²) in [6.07, 6.45) is 0. The molecule has 1 heterocycles. The molecule has 0 aliphatic rings. The van der Waals surface area contributed by atoms with Gasteiger partial charge in [-0.1, -0.05) is 12.1 Å². The van der Waals surface area contributed by atoms with Crippen molar-refractivity contribution in [1.29, 1.82) is 0 Å². The van der Waals surface area contributed by atoms with Crippen LogP contribution in [0, 0.1) is 0 Å². The summed E-state index contributed by atoms with van der Waals surface area (Å²) in [6.45, 7) is 0. The maximum absolute atomic E-state index is 5.32. The summed E-state index contributed by atoms with van der Waals surface area (Å²) in [6, 6.07) is 7.72. The quantitative estimate of drug-likeness (QED) is 0.707. The molecule has 0 aliphatic carbocycles. The minimum atomic E-state index is 0.493. The van der Waals surface area contributed by atoms with Crippen LogP contribution in [0.3, 0.4) is 0 Å². The highest BCUT2D eigenvalue weighted by atomic mass is 16.6. The molecule has 1 aromatic heterocycles. The Labute approximate surface area is 75.9 Å². The molecule has 0 N–H and O–H groups in total. The molecule has 0 saturated carbocycles. The van der Waals surface area contributed by atoms with Gasteiger partial charge in [-0.3, -0.25) is 0 Å². The first-order valence-electron chi connectivity index (χ1n) is 3.96. The van der Waals surface area contributed by atoms with Crippen LogP contribution in [-0.4, -0.2) is 14.2 Å². The normalized spacial score (nSPS) is 10.3. The molecule has 13 heavy (non-hydrogen) atoms. The van der Waals surface area contributed by atoms with E-state index in [2.05, 4.69) is 0 Å². The third kappa shape index (κ3) is 1.13. The molecule has 0 bridgehead atoms. The van der Waals surface area contributed by atoms with E-state index < -0.39 is 0 Å². The molecule has 0 radical (unpaired) electrons. The fourth-order valence-corrected chi connectivity index (χ4v) is 1.34. The van der Waals surface area contributed by atoms with E-state index in [1.165, 1.54) is 0 Å². The average molecular weight is 178 g/mol. The Hall–Kier alpha value is -1.64. The SMILES string of the molecule is COc1oc(OC)c2ccccc12. The van der Waals surface area contributed by atoms with Crippen LogP contribution < -0.4 is 9.47 Å². The predicted molar refractivity (Wildman–Crippen MR) is 49.3 cm³/mol. The second-order valence-corrected chi connectivity index (χ2v) is 2.63. The second-order valence-electron chi connectivity index (χ2n) is 2.63. The first-order chi connectivity index (χ1) is 6.36. The molecule has 0 saturated heterocycles. The molecule has 0 amide bonds. The number of ether oxygens (including phenoxy) is 2. The smallest absolute Gasteiger partial charge is 0.295 e. The fourth-order valence-electron chi connectivity index (χ4n) is 1.34. The van der Waals surface area contributed by atoms with Gasteiger partial charge in [-0.15, -0.1) is 0 Å². The Morgan fingerprint density at radius 2 is 1.38 bits per heavy atom. The number of rotatable bonds is 2. The number of furan rings is 1. The Kier molecular flexibility index (Phi) is 1.85. The minimum absolute atomic E-state index is 0.493. The topological polar surface area (TPSA) is 31.6 Å². The summed E-state index contributed by atoms with van der Waals surface area (Å²) in [4.78, 5) is 0. The van der Waals surface area contributed by atoms with E-state index in [-0.39, 0.29) is 0 Å². The summed E-state index contributed by atoms with van der Waals surface area (Å²) in [7, 11) is 3.15. The van der Waals surface area contributed by atoms with Gasteiger partial charge >= 0.3 is 0 Å². The van der Waals surface area contributed by atoms with Crippen molar-refractivity contribution in [2.75, 3.05) is 14.2 Å². The highest BCUT2D eigenvalue weighted by Crippen LogP contribution is 2.36. The van der Waals surface area contributed by atoms with Gasteiger partial charge in [0.25, 0.3) is 11.9 Å². The molecule has 3 nitrogen and oxygen atoms in total. The van der Waals surface area contributed by atoms with Crippen molar-refractivity contribution in [3.8, 4) is 11.9 Å². The largest absolute Gasteiger partial charge is 0.468 e. The molecule has 0 spiro atoms. The third-order valence-corrected chi connectivity index (χ3v) is 1.92. The molecule has 0 aliphatic heterocycles. The van der Waals surface area contributed by atoms with Gasteiger partial charge in [-0.05, 0) is 12.1 Å². The van der Waals surface area contributed by atoms with Gasteiger partial charge in [-0.2, -0.15) is 0 Å². The van der Waals surface area contributed by atoms with Gasteiger partial charge < -0.3 is 13.9 Å². The number of hydrogen-bond donors (Lipinski definition) is 0.